The van der Waals surface area contributed by atoms with Crippen LogP contribution in [0.5, 0.6) is 5.75 Å². The zero-order chi connectivity index (χ0) is 15.1. The van der Waals surface area contributed by atoms with E-state index in [-0.39, 0.29) is 6.10 Å². The number of ether oxygens (including phenoxy) is 2. The number of methoxy groups -OCH3 is 1. The van der Waals surface area contributed by atoms with Gasteiger partial charge in [-0.3, -0.25) is 0 Å². The number of benzene rings is 1. The molecule has 4 nitrogen and oxygen atoms in total. The molecule has 0 bridgehead atoms. The highest BCUT2D eigenvalue weighted by Gasteiger charge is 2.04. The molecule has 1 aromatic heterocycles. The van der Waals surface area contributed by atoms with Gasteiger partial charge in [0.1, 0.15) is 5.75 Å². The van der Waals surface area contributed by atoms with E-state index in [0.29, 0.717) is 0 Å². The normalized spacial score (nSPS) is 11.4. The molecule has 21 heavy (non-hydrogen) atoms. The Bertz CT molecular complexity index is 549. The molecule has 0 saturated heterocycles. The van der Waals surface area contributed by atoms with Crippen LogP contribution in [-0.4, -0.2) is 37.5 Å². The fourth-order valence-electron chi connectivity index (χ4n) is 2.39. The topological polar surface area (TPSA) is 35.4 Å². The average molecular weight is 290 g/mol. The van der Waals surface area contributed by atoms with Crippen LogP contribution in [0.2, 0.25) is 0 Å². The lowest BCUT2D eigenvalue weighted by atomic mass is 10.2. The minimum Gasteiger partial charge on any atom is -0.491 e. The van der Waals surface area contributed by atoms with Crippen molar-refractivity contribution in [2.75, 3.05) is 26.8 Å². The summed E-state index contributed by atoms with van der Waals surface area (Å²) < 4.78 is 13.0. The zero-order valence-corrected chi connectivity index (χ0v) is 13.3. The highest BCUT2D eigenvalue weighted by Crippen LogP contribution is 2.23. The van der Waals surface area contributed by atoms with Crippen LogP contribution in [0, 0.1) is 0 Å². The molecule has 0 aliphatic rings. The molecule has 4 heteroatoms. The summed E-state index contributed by atoms with van der Waals surface area (Å²) in [6.07, 6.45) is 3.47. The van der Waals surface area contributed by atoms with Crippen molar-refractivity contribution in [1.82, 2.24) is 9.88 Å². The van der Waals surface area contributed by atoms with Gasteiger partial charge in [0.05, 0.1) is 12.7 Å². The second-order valence-electron chi connectivity index (χ2n) is 5.49. The Morgan fingerprint density at radius 1 is 1.19 bits per heavy atom. The number of aryl methyl sites for hydroxylation is 1. The minimum atomic E-state index is 0.211. The second-order valence-corrected chi connectivity index (χ2v) is 5.49. The molecule has 0 radical (unpaired) electrons. The van der Waals surface area contributed by atoms with Crippen molar-refractivity contribution in [2.45, 2.75) is 32.9 Å². The molecule has 0 spiro atoms. The Hall–Kier alpha value is -1.52. The third-order valence-corrected chi connectivity index (χ3v) is 3.35. The first kappa shape index (κ1) is 15.9. The molecule has 2 rings (SSSR count). The summed E-state index contributed by atoms with van der Waals surface area (Å²) in [5, 5.41) is 4.61. The lowest BCUT2D eigenvalue weighted by Gasteiger charge is -2.10. The van der Waals surface area contributed by atoms with Crippen molar-refractivity contribution in [3.63, 3.8) is 0 Å². The van der Waals surface area contributed by atoms with Gasteiger partial charge in [0.2, 0.25) is 0 Å². The van der Waals surface area contributed by atoms with E-state index < -0.39 is 0 Å². The third kappa shape index (κ3) is 4.76. The van der Waals surface area contributed by atoms with Gasteiger partial charge >= 0.3 is 0 Å². The SMILES string of the molecule is COCCNCCCn1ccc2cc(OC(C)C)ccc21. The van der Waals surface area contributed by atoms with Crippen LogP contribution in [0.15, 0.2) is 30.5 Å². The van der Waals surface area contributed by atoms with Crippen molar-refractivity contribution in [1.29, 1.82) is 0 Å². The van der Waals surface area contributed by atoms with E-state index in [4.69, 9.17) is 9.47 Å². The predicted molar refractivity (Wildman–Crippen MR) is 87.1 cm³/mol. The van der Waals surface area contributed by atoms with Gasteiger partial charge in [-0.25, -0.2) is 0 Å². The maximum atomic E-state index is 5.74. The first-order valence-corrected chi connectivity index (χ1v) is 7.66. The molecule has 0 saturated carbocycles. The molecule has 0 atom stereocenters. The van der Waals surface area contributed by atoms with Gasteiger partial charge in [0.25, 0.3) is 0 Å². The number of nitrogens with zero attached hydrogens (tertiary/aromatic N) is 1. The number of fused-ring (bicyclic) bond motifs is 1. The quantitative estimate of drug-likeness (QED) is 0.721. The third-order valence-electron chi connectivity index (χ3n) is 3.35. The van der Waals surface area contributed by atoms with E-state index in [1.807, 2.05) is 13.8 Å². The van der Waals surface area contributed by atoms with Gasteiger partial charge in [0.15, 0.2) is 0 Å². The molecule has 1 heterocycles. The Morgan fingerprint density at radius 2 is 2.05 bits per heavy atom. The van der Waals surface area contributed by atoms with Gasteiger partial charge in [-0.1, -0.05) is 0 Å². The molecule has 0 aliphatic carbocycles. The first-order chi connectivity index (χ1) is 10.2. The van der Waals surface area contributed by atoms with Crippen molar-refractivity contribution in [3.8, 4) is 5.75 Å². The van der Waals surface area contributed by atoms with Crippen molar-refractivity contribution >= 4 is 10.9 Å². The van der Waals surface area contributed by atoms with Gasteiger partial charge in [0, 0.05) is 37.3 Å². The number of nitrogens with one attached hydrogen (secondary N) is 1. The summed E-state index contributed by atoms with van der Waals surface area (Å²) >= 11 is 0. The lowest BCUT2D eigenvalue weighted by molar-refractivity contribution is 0.199. The molecule has 2 aromatic rings. The molecule has 1 aromatic carbocycles. The predicted octanol–water partition coefficient (Wildman–Crippen LogP) is 3.05. The molecule has 1 N–H and O–H groups in total. The maximum Gasteiger partial charge on any atom is 0.120 e. The monoisotopic (exact) mass is 290 g/mol. The average Bonchev–Trinajstić information content (AvgIpc) is 2.84. The van der Waals surface area contributed by atoms with Crippen LogP contribution in [0.25, 0.3) is 10.9 Å². The highest BCUT2D eigenvalue weighted by molar-refractivity contribution is 5.81. The molecule has 0 fully saturated rings. The van der Waals surface area contributed by atoms with Gasteiger partial charge in [-0.05, 0) is 51.1 Å². The molecule has 0 aliphatic heterocycles. The van der Waals surface area contributed by atoms with Crippen LogP contribution in [0.1, 0.15) is 20.3 Å². The highest BCUT2D eigenvalue weighted by atomic mass is 16.5. The number of hydrogen-bond donors (Lipinski definition) is 1. The van der Waals surface area contributed by atoms with Crippen molar-refractivity contribution in [2.24, 2.45) is 0 Å². The number of rotatable bonds is 9. The molecule has 0 amide bonds. The largest absolute Gasteiger partial charge is 0.491 e. The summed E-state index contributed by atoms with van der Waals surface area (Å²) in [7, 11) is 1.73. The van der Waals surface area contributed by atoms with Crippen LogP contribution >= 0.6 is 0 Å². The van der Waals surface area contributed by atoms with E-state index >= 15 is 0 Å². The van der Waals surface area contributed by atoms with Crippen molar-refractivity contribution in [3.05, 3.63) is 30.5 Å². The van der Waals surface area contributed by atoms with Crippen LogP contribution < -0.4 is 10.1 Å². The fourth-order valence-corrected chi connectivity index (χ4v) is 2.39. The van der Waals surface area contributed by atoms with E-state index in [1.165, 1.54) is 10.9 Å². The smallest absolute Gasteiger partial charge is 0.120 e. The van der Waals surface area contributed by atoms with Crippen molar-refractivity contribution < 1.29 is 9.47 Å². The minimum absolute atomic E-state index is 0.211. The van der Waals surface area contributed by atoms with Crippen LogP contribution in [-0.2, 0) is 11.3 Å². The van der Waals surface area contributed by atoms with E-state index in [2.05, 4.69) is 40.3 Å². The van der Waals surface area contributed by atoms with Gasteiger partial charge in [-0.15, -0.1) is 0 Å². The summed E-state index contributed by atoms with van der Waals surface area (Å²) in [5.74, 6) is 0.941. The lowest BCUT2D eigenvalue weighted by Crippen LogP contribution is -2.21. The van der Waals surface area contributed by atoms with E-state index in [1.54, 1.807) is 7.11 Å². The summed E-state index contributed by atoms with van der Waals surface area (Å²) in [5.41, 5.74) is 1.27. The van der Waals surface area contributed by atoms with Crippen LogP contribution in [0.3, 0.4) is 0 Å². The van der Waals surface area contributed by atoms with Gasteiger partial charge in [-0.2, -0.15) is 0 Å². The Balaban J connectivity index is 1.89. The number of hydrogen-bond acceptors (Lipinski definition) is 3. The number of aromatic nitrogens is 1. The Labute approximate surface area is 127 Å². The molecular weight excluding hydrogens is 264 g/mol. The molecular formula is C17H26N2O2. The molecule has 0 unspecified atom stereocenters. The zero-order valence-electron chi connectivity index (χ0n) is 13.3. The Morgan fingerprint density at radius 3 is 2.81 bits per heavy atom. The summed E-state index contributed by atoms with van der Waals surface area (Å²) in [6.45, 7) is 7.81. The first-order valence-electron chi connectivity index (χ1n) is 7.66. The summed E-state index contributed by atoms with van der Waals surface area (Å²) in [4.78, 5) is 0. The Kier molecular flexibility index (Phi) is 6.08. The summed E-state index contributed by atoms with van der Waals surface area (Å²) in [6, 6.07) is 8.46. The second kappa shape index (κ2) is 8.05. The van der Waals surface area contributed by atoms with Crippen LogP contribution in [0.4, 0.5) is 0 Å². The van der Waals surface area contributed by atoms with E-state index in [9.17, 15) is 0 Å². The standard InChI is InChI=1S/C17H26N2O2/c1-14(2)21-16-5-6-17-15(13-16)7-11-19(17)10-4-8-18-9-12-20-3/h5-7,11,13-14,18H,4,8-10,12H2,1-3H3. The van der Waals surface area contributed by atoms with Gasteiger partial charge < -0.3 is 19.4 Å². The molecule has 116 valence electrons. The fraction of sp³-hybridized carbons (Fsp3) is 0.529. The maximum absolute atomic E-state index is 5.74. The van der Waals surface area contributed by atoms with E-state index in [0.717, 1.165) is 38.4 Å².